The average Bonchev–Trinajstić information content (AvgIpc) is 2.61. The first kappa shape index (κ1) is 14.1. The first-order chi connectivity index (χ1) is 8.95. The molecule has 0 spiro atoms. The summed E-state index contributed by atoms with van der Waals surface area (Å²) in [6, 6.07) is 4.69. The molecule has 2 rings (SSSR count). The highest BCUT2D eigenvalue weighted by molar-refractivity contribution is 7.99. The Morgan fingerprint density at radius 2 is 2.16 bits per heavy atom. The molecule has 0 bridgehead atoms. The van der Waals surface area contributed by atoms with Crippen molar-refractivity contribution in [2.75, 3.05) is 0 Å². The Morgan fingerprint density at radius 1 is 1.42 bits per heavy atom. The summed E-state index contributed by atoms with van der Waals surface area (Å²) in [7, 11) is 0. The minimum atomic E-state index is -0.250. The highest BCUT2D eigenvalue weighted by Gasteiger charge is 2.12. The number of aromatic nitrogens is 1. The Kier molecular flexibility index (Phi) is 4.27. The SMILES string of the molecule is Cc1nc(Sc2ccc(F)cc2CC(C)N)oc1C. The minimum absolute atomic E-state index is 0.0193. The van der Waals surface area contributed by atoms with Crippen LogP contribution in [0.3, 0.4) is 0 Å². The van der Waals surface area contributed by atoms with Gasteiger partial charge in [0.05, 0.1) is 5.69 Å². The van der Waals surface area contributed by atoms with Gasteiger partial charge < -0.3 is 10.2 Å². The second-order valence-electron chi connectivity index (χ2n) is 4.66. The number of aryl methyl sites for hydroxylation is 2. The van der Waals surface area contributed by atoms with E-state index in [1.807, 2.05) is 20.8 Å². The zero-order chi connectivity index (χ0) is 14.0. The van der Waals surface area contributed by atoms with Gasteiger partial charge in [0, 0.05) is 10.9 Å². The summed E-state index contributed by atoms with van der Waals surface area (Å²) in [6.45, 7) is 5.68. The van der Waals surface area contributed by atoms with Gasteiger partial charge in [-0.25, -0.2) is 9.37 Å². The van der Waals surface area contributed by atoms with Crippen molar-refractivity contribution in [2.24, 2.45) is 5.73 Å². The third-order valence-corrected chi connectivity index (χ3v) is 3.74. The number of oxazole rings is 1. The van der Waals surface area contributed by atoms with Crippen LogP contribution in [-0.4, -0.2) is 11.0 Å². The van der Waals surface area contributed by atoms with Crippen LogP contribution in [0.15, 0.2) is 32.7 Å². The van der Waals surface area contributed by atoms with Crippen molar-refractivity contribution in [3.05, 3.63) is 41.0 Å². The maximum Gasteiger partial charge on any atom is 0.261 e. The monoisotopic (exact) mass is 280 g/mol. The largest absolute Gasteiger partial charge is 0.436 e. The van der Waals surface area contributed by atoms with Gasteiger partial charge in [0.2, 0.25) is 0 Å². The molecule has 0 radical (unpaired) electrons. The number of nitrogens with two attached hydrogens (primary N) is 1. The Bertz CT molecular complexity index is 561. The van der Waals surface area contributed by atoms with E-state index in [9.17, 15) is 4.39 Å². The third kappa shape index (κ3) is 3.58. The van der Waals surface area contributed by atoms with Gasteiger partial charge >= 0.3 is 0 Å². The molecule has 1 unspecified atom stereocenters. The predicted octanol–water partition coefficient (Wildman–Crippen LogP) is 3.47. The summed E-state index contributed by atoms with van der Waals surface area (Å²) in [6.07, 6.45) is 0.624. The second-order valence-corrected chi connectivity index (χ2v) is 5.65. The van der Waals surface area contributed by atoms with E-state index >= 15 is 0 Å². The van der Waals surface area contributed by atoms with Crippen LogP contribution >= 0.6 is 11.8 Å². The molecule has 5 heteroatoms. The normalized spacial score (nSPS) is 12.7. The average molecular weight is 280 g/mol. The molecule has 0 fully saturated rings. The zero-order valence-corrected chi connectivity index (χ0v) is 12.1. The fraction of sp³-hybridized carbons (Fsp3) is 0.357. The number of hydrogen-bond acceptors (Lipinski definition) is 4. The number of halogens is 1. The van der Waals surface area contributed by atoms with E-state index in [4.69, 9.17) is 10.2 Å². The van der Waals surface area contributed by atoms with Gasteiger partial charge in [0.15, 0.2) is 0 Å². The summed E-state index contributed by atoms with van der Waals surface area (Å²) in [4.78, 5) is 5.25. The Morgan fingerprint density at radius 3 is 2.74 bits per heavy atom. The van der Waals surface area contributed by atoms with Crippen molar-refractivity contribution in [1.82, 2.24) is 4.98 Å². The lowest BCUT2D eigenvalue weighted by Gasteiger charge is -2.10. The van der Waals surface area contributed by atoms with Crippen molar-refractivity contribution in [3.63, 3.8) is 0 Å². The van der Waals surface area contributed by atoms with Crippen molar-refractivity contribution >= 4 is 11.8 Å². The van der Waals surface area contributed by atoms with Crippen molar-refractivity contribution in [1.29, 1.82) is 0 Å². The van der Waals surface area contributed by atoms with Crippen LogP contribution in [0, 0.1) is 19.7 Å². The standard InChI is InChI=1S/C14H17FN2OS/c1-8(16)6-11-7-12(15)4-5-13(11)19-14-17-9(2)10(3)18-14/h4-5,7-8H,6,16H2,1-3H3. The summed E-state index contributed by atoms with van der Waals surface area (Å²) >= 11 is 1.40. The third-order valence-electron chi connectivity index (χ3n) is 2.77. The first-order valence-corrected chi connectivity index (χ1v) is 6.93. The van der Waals surface area contributed by atoms with Crippen LogP contribution in [-0.2, 0) is 6.42 Å². The molecular formula is C14H17FN2OS. The van der Waals surface area contributed by atoms with Gasteiger partial charge in [-0.3, -0.25) is 0 Å². The molecule has 19 heavy (non-hydrogen) atoms. The van der Waals surface area contributed by atoms with E-state index in [1.54, 1.807) is 6.07 Å². The van der Waals surface area contributed by atoms with Crippen LogP contribution in [0.25, 0.3) is 0 Å². The van der Waals surface area contributed by atoms with Gasteiger partial charge in [-0.1, -0.05) is 0 Å². The molecule has 0 aliphatic carbocycles. The van der Waals surface area contributed by atoms with Gasteiger partial charge in [0.1, 0.15) is 11.6 Å². The maximum absolute atomic E-state index is 13.3. The summed E-state index contributed by atoms with van der Waals surface area (Å²) in [5.41, 5.74) is 7.55. The fourth-order valence-corrected chi connectivity index (χ4v) is 2.68. The Labute approximate surface area is 116 Å². The van der Waals surface area contributed by atoms with E-state index in [1.165, 1.54) is 23.9 Å². The Hall–Kier alpha value is -1.33. The van der Waals surface area contributed by atoms with E-state index in [0.29, 0.717) is 11.6 Å². The number of rotatable bonds is 4. The molecule has 1 aromatic carbocycles. The molecule has 0 saturated heterocycles. The van der Waals surface area contributed by atoms with Crippen molar-refractivity contribution in [2.45, 2.75) is 43.4 Å². The molecule has 0 saturated carbocycles. The molecule has 1 heterocycles. The quantitative estimate of drug-likeness (QED) is 0.931. The topological polar surface area (TPSA) is 52.0 Å². The summed E-state index contributed by atoms with van der Waals surface area (Å²) < 4.78 is 18.9. The highest BCUT2D eigenvalue weighted by Crippen LogP contribution is 2.31. The maximum atomic E-state index is 13.3. The molecule has 2 aromatic rings. The molecule has 0 aliphatic rings. The van der Waals surface area contributed by atoms with Gasteiger partial charge in [-0.2, -0.15) is 0 Å². The van der Waals surface area contributed by atoms with Gasteiger partial charge in [0.25, 0.3) is 5.22 Å². The minimum Gasteiger partial charge on any atom is -0.436 e. The van der Waals surface area contributed by atoms with E-state index in [-0.39, 0.29) is 11.9 Å². The molecule has 0 aliphatic heterocycles. The van der Waals surface area contributed by atoms with E-state index < -0.39 is 0 Å². The number of hydrogen-bond donors (Lipinski definition) is 1. The van der Waals surface area contributed by atoms with E-state index in [0.717, 1.165) is 21.9 Å². The van der Waals surface area contributed by atoms with Gasteiger partial charge in [-0.05, 0) is 62.7 Å². The number of nitrogens with zero attached hydrogens (tertiary/aromatic N) is 1. The van der Waals surface area contributed by atoms with Crippen molar-refractivity contribution in [3.8, 4) is 0 Å². The highest BCUT2D eigenvalue weighted by atomic mass is 32.2. The second kappa shape index (κ2) is 5.75. The molecule has 1 atom stereocenters. The van der Waals surface area contributed by atoms with Crippen LogP contribution in [0.4, 0.5) is 4.39 Å². The lowest BCUT2D eigenvalue weighted by molar-refractivity contribution is 0.431. The molecule has 1 aromatic heterocycles. The van der Waals surface area contributed by atoms with Crippen LogP contribution in [0.1, 0.15) is 23.9 Å². The zero-order valence-electron chi connectivity index (χ0n) is 11.2. The molecular weight excluding hydrogens is 263 g/mol. The van der Waals surface area contributed by atoms with Crippen LogP contribution in [0.2, 0.25) is 0 Å². The van der Waals surface area contributed by atoms with Crippen LogP contribution < -0.4 is 5.73 Å². The molecule has 3 nitrogen and oxygen atoms in total. The number of benzene rings is 1. The molecule has 0 amide bonds. The van der Waals surface area contributed by atoms with Crippen LogP contribution in [0.5, 0.6) is 0 Å². The predicted molar refractivity (Wildman–Crippen MR) is 73.9 cm³/mol. The summed E-state index contributed by atoms with van der Waals surface area (Å²) in [5.74, 6) is 0.554. The summed E-state index contributed by atoms with van der Waals surface area (Å²) in [5, 5.41) is 0.576. The van der Waals surface area contributed by atoms with E-state index in [2.05, 4.69) is 4.98 Å². The van der Waals surface area contributed by atoms with Gasteiger partial charge in [-0.15, -0.1) is 0 Å². The van der Waals surface area contributed by atoms with Crippen molar-refractivity contribution < 1.29 is 8.81 Å². The molecule has 102 valence electrons. The lowest BCUT2D eigenvalue weighted by atomic mass is 10.1. The lowest BCUT2D eigenvalue weighted by Crippen LogP contribution is -2.18. The fourth-order valence-electron chi connectivity index (χ4n) is 1.74. The molecule has 2 N–H and O–H groups in total. The Balaban J connectivity index is 2.28. The smallest absolute Gasteiger partial charge is 0.261 e. The first-order valence-electron chi connectivity index (χ1n) is 6.11.